The summed E-state index contributed by atoms with van der Waals surface area (Å²) >= 11 is 0. The van der Waals surface area contributed by atoms with Crippen molar-refractivity contribution in [1.29, 1.82) is 0 Å². The van der Waals surface area contributed by atoms with Crippen molar-refractivity contribution < 1.29 is 23.8 Å². The molecule has 1 aliphatic heterocycles. The Labute approximate surface area is 153 Å². The number of hydrogen-bond acceptors (Lipinski definition) is 6. The lowest BCUT2D eigenvalue weighted by atomic mass is 9.79. The fraction of sp³-hybridized carbons (Fsp3) is 0.421. The van der Waals surface area contributed by atoms with E-state index in [9.17, 15) is 9.59 Å². The minimum Gasteiger partial charge on any atom is -0.479 e. The molecule has 26 heavy (non-hydrogen) atoms. The van der Waals surface area contributed by atoms with Gasteiger partial charge in [-0.3, -0.25) is 4.79 Å². The predicted molar refractivity (Wildman–Crippen MR) is 96.3 cm³/mol. The maximum atomic E-state index is 13.0. The molecular formula is C19H24N2O5. The maximum absolute atomic E-state index is 13.0. The first-order valence-corrected chi connectivity index (χ1v) is 8.60. The van der Waals surface area contributed by atoms with E-state index in [0.717, 1.165) is 10.6 Å². The Bertz CT molecular complexity index is 701. The minimum absolute atomic E-state index is 0.0837. The summed E-state index contributed by atoms with van der Waals surface area (Å²) in [5, 5.41) is 5.16. The van der Waals surface area contributed by atoms with Gasteiger partial charge in [-0.25, -0.2) is 4.79 Å². The molecule has 1 unspecified atom stereocenters. The zero-order valence-corrected chi connectivity index (χ0v) is 15.4. The van der Waals surface area contributed by atoms with Crippen molar-refractivity contribution in [2.75, 3.05) is 19.8 Å². The van der Waals surface area contributed by atoms with Crippen LogP contribution >= 0.6 is 0 Å². The molecule has 2 rings (SSSR count). The van der Waals surface area contributed by atoms with Gasteiger partial charge in [0.1, 0.15) is 0 Å². The first-order valence-electron chi connectivity index (χ1n) is 8.60. The Morgan fingerprint density at radius 2 is 1.73 bits per heavy atom. The number of benzene rings is 1. The van der Waals surface area contributed by atoms with Crippen molar-refractivity contribution in [2.45, 2.75) is 27.2 Å². The molecule has 1 aromatic carbocycles. The van der Waals surface area contributed by atoms with E-state index >= 15 is 0 Å². The highest BCUT2D eigenvalue weighted by atomic mass is 16.6. The van der Waals surface area contributed by atoms with E-state index < -0.39 is 17.5 Å². The zero-order chi connectivity index (χ0) is 19.2. The van der Waals surface area contributed by atoms with Crippen LogP contribution in [-0.4, -0.2) is 42.8 Å². The van der Waals surface area contributed by atoms with E-state index in [1.54, 1.807) is 20.8 Å². The van der Waals surface area contributed by atoms with Crippen LogP contribution in [0.25, 0.3) is 0 Å². The van der Waals surface area contributed by atoms with Gasteiger partial charge in [0.2, 0.25) is 5.90 Å². The van der Waals surface area contributed by atoms with Crippen LogP contribution in [0.15, 0.2) is 47.7 Å². The molecular weight excluding hydrogens is 336 g/mol. The standard InChI is InChI=1S/C19H24N2O5/c1-5-24-16-19(17(22)25-6-2,13-15-11-9-8-10-12-15)14(4)21(20-16)18(23)26-7-3/h8-12H,4-7,13H2,1-3H3. The van der Waals surface area contributed by atoms with E-state index in [2.05, 4.69) is 11.7 Å². The van der Waals surface area contributed by atoms with Gasteiger partial charge in [-0.2, -0.15) is 5.01 Å². The number of carbonyl (C=O) groups is 2. The van der Waals surface area contributed by atoms with Crippen molar-refractivity contribution in [2.24, 2.45) is 10.5 Å². The third-order valence-corrected chi connectivity index (χ3v) is 3.96. The molecule has 1 amide bonds. The van der Waals surface area contributed by atoms with Crippen molar-refractivity contribution in [1.82, 2.24) is 5.01 Å². The summed E-state index contributed by atoms with van der Waals surface area (Å²) in [6, 6.07) is 9.38. The highest BCUT2D eigenvalue weighted by Crippen LogP contribution is 2.42. The van der Waals surface area contributed by atoms with Crippen LogP contribution in [0.5, 0.6) is 0 Å². The predicted octanol–water partition coefficient (Wildman–Crippen LogP) is 3.11. The lowest BCUT2D eigenvalue weighted by Crippen LogP contribution is -2.44. The molecule has 7 nitrogen and oxygen atoms in total. The van der Waals surface area contributed by atoms with Crippen molar-refractivity contribution in [3.8, 4) is 0 Å². The van der Waals surface area contributed by atoms with Crippen molar-refractivity contribution >= 4 is 18.0 Å². The third-order valence-electron chi connectivity index (χ3n) is 3.96. The smallest absolute Gasteiger partial charge is 0.435 e. The number of ether oxygens (including phenoxy) is 3. The molecule has 0 aliphatic carbocycles. The van der Waals surface area contributed by atoms with E-state index in [0.29, 0.717) is 0 Å². The van der Waals surface area contributed by atoms with E-state index in [1.165, 1.54) is 0 Å². The summed E-state index contributed by atoms with van der Waals surface area (Å²) in [6.45, 7) is 9.76. The lowest BCUT2D eigenvalue weighted by Gasteiger charge is -2.29. The molecule has 1 heterocycles. The number of hydrazone groups is 1. The number of nitrogens with zero attached hydrogens (tertiary/aromatic N) is 2. The second-order valence-corrected chi connectivity index (χ2v) is 5.58. The van der Waals surface area contributed by atoms with Gasteiger partial charge in [-0.05, 0) is 26.3 Å². The van der Waals surface area contributed by atoms with Gasteiger partial charge in [0, 0.05) is 6.42 Å². The summed E-state index contributed by atoms with van der Waals surface area (Å²) in [5.41, 5.74) is -0.401. The summed E-state index contributed by atoms with van der Waals surface area (Å²) < 4.78 is 15.9. The third kappa shape index (κ3) is 3.56. The molecule has 0 N–H and O–H groups in total. The van der Waals surface area contributed by atoms with Gasteiger partial charge in [-0.1, -0.05) is 36.9 Å². The molecule has 0 saturated carbocycles. The van der Waals surface area contributed by atoms with Crippen LogP contribution in [0.4, 0.5) is 4.79 Å². The van der Waals surface area contributed by atoms with Crippen molar-refractivity contribution in [3.63, 3.8) is 0 Å². The Morgan fingerprint density at radius 3 is 2.31 bits per heavy atom. The normalized spacial score (nSPS) is 19.1. The summed E-state index contributed by atoms with van der Waals surface area (Å²) in [5.74, 6) is -0.479. The topological polar surface area (TPSA) is 77.4 Å². The monoisotopic (exact) mass is 360 g/mol. The Hall–Kier alpha value is -2.83. The molecule has 0 bridgehead atoms. The lowest BCUT2D eigenvalue weighted by molar-refractivity contribution is -0.150. The number of amides is 1. The van der Waals surface area contributed by atoms with Crippen LogP contribution in [-0.2, 0) is 25.4 Å². The van der Waals surface area contributed by atoms with E-state index in [-0.39, 0.29) is 37.8 Å². The van der Waals surface area contributed by atoms with Crippen LogP contribution in [0.2, 0.25) is 0 Å². The van der Waals surface area contributed by atoms with Gasteiger partial charge < -0.3 is 14.2 Å². The van der Waals surface area contributed by atoms with Crippen LogP contribution in [0.1, 0.15) is 26.3 Å². The first kappa shape index (κ1) is 19.5. The molecule has 0 saturated heterocycles. The molecule has 0 spiro atoms. The summed E-state index contributed by atoms with van der Waals surface area (Å²) in [4.78, 5) is 25.2. The molecule has 7 heteroatoms. The molecule has 0 fully saturated rings. The molecule has 0 aromatic heterocycles. The Kier molecular flexibility index (Phi) is 6.38. The number of hydrogen-bond donors (Lipinski definition) is 0. The highest BCUT2D eigenvalue weighted by molar-refractivity contribution is 6.08. The molecule has 1 aliphatic rings. The van der Waals surface area contributed by atoms with Crippen molar-refractivity contribution in [3.05, 3.63) is 48.2 Å². The fourth-order valence-electron chi connectivity index (χ4n) is 2.78. The second kappa shape index (κ2) is 8.51. The number of rotatable bonds is 6. The van der Waals surface area contributed by atoms with Gasteiger partial charge in [-0.15, -0.1) is 5.10 Å². The van der Waals surface area contributed by atoms with E-state index in [1.807, 2.05) is 30.3 Å². The van der Waals surface area contributed by atoms with Gasteiger partial charge in [0.05, 0.1) is 25.5 Å². The fourth-order valence-corrected chi connectivity index (χ4v) is 2.78. The Balaban J connectivity index is 2.52. The van der Waals surface area contributed by atoms with Crippen LogP contribution in [0, 0.1) is 5.41 Å². The van der Waals surface area contributed by atoms with Gasteiger partial charge in [0.25, 0.3) is 0 Å². The zero-order valence-electron chi connectivity index (χ0n) is 15.4. The van der Waals surface area contributed by atoms with Gasteiger partial charge >= 0.3 is 12.1 Å². The number of esters is 1. The average Bonchev–Trinajstić information content (AvgIpc) is 2.90. The molecule has 0 radical (unpaired) electrons. The summed E-state index contributed by atoms with van der Waals surface area (Å²) in [6.07, 6.45) is -0.505. The molecule has 140 valence electrons. The Morgan fingerprint density at radius 1 is 1.08 bits per heavy atom. The second-order valence-electron chi connectivity index (χ2n) is 5.58. The number of carbonyl (C=O) groups excluding carboxylic acids is 2. The SMILES string of the molecule is C=C1N(C(=O)OCC)N=C(OCC)C1(Cc1ccccc1)C(=O)OCC. The summed E-state index contributed by atoms with van der Waals surface area (Å²) in [7, 11) is 0. The van der Waals surface area contributed by atoms with E-state index in [4.69, 9.17) is 14.2 Å². The largest absolute Gasteiger partial charge is 0.479 e. The minimum atomic E-state index is -1.42. The maximum Gasteiger partial charge on any atom is 0.435 e. The average molecular weight is 360 g/mol. The first-order chi connectivity index (χ1) is 12.5. The quantitative estimate of drug-likeness (QED) is 0.729. The van der Waals surface area contributed by atoms with Crippen LogP contribution in [0.3, 0.4) is 0 Å². The molecule has 1 aromatic rings. The highest BCUT2D eigenvalue weighted by Gasteiger charge is 2.57. The van der Waals surface area contributed by atoms with Crippen LogP contribution < -0.4 is 0 Å². The van der Waals surface area contributed by atoms with Gasteiger partial charge in [0.15, 0.2) is 5.41 Å². The molecule has 1 atom stereocenters.